The normalized spacial score (nSPS) is 16.4. The van der Waals surface area contributed by atoms with Crippen molar-refractivity contribution in [1.29, 1.82) is 0 Å². The molecular formula is C19H22N4O2S. The van der Waals surface area contributed by atoms with E-state index >= 15 is 0 Å². The Morgan fingerprint density at radius 2 is 2.23 bits per heavy atom. The molecule has 2 aliphatic rings. The van der Waals surface area contributed by atoms with E-state index in [4.69, 9.17) is 0 Å². The number of carbonyl (C=O) groups is 2. The Morgan fingerprint density at radius 3 is 3.00 bits per heavy atom. The first kappa shape index (κ1) is 17.0. The van der Waals surface area contributed by atoms with Crippen molar-refractivity contribution in [2.24, 2.45) is 0 Å². The van der Waals surface area contributed by atoms with E-state index in [1.165, 1.54) is 11.3 Å². The fourth-order valence-corrected chi connectivity index (χ4v) is 4.18. The summed E-state index contributed by atoms with van der Waals surface area (Å²) in [5.41, 5.74) is 4.02. The number of nitrogens with zero attached hydrogens (tertiary/aromatic N) is 2. The summed E-state index contributed by atoms with van der Waals surface area (Å²) < 4.78 is 0. The molecule has 2 aromatic rings. The summed E-state index contributed by atoms with van der Waals surface area (Å²) in [5, 5.41) is 9.15. The second kappa shape index (κ2) is 7.07. The summed E-state index contributed by atoms with van der Waals surface area (Å²) in [7, 11) is 0. The van der Waals surface area contributed by atoms with Gasteiger partial charge >= 0.3 is 0 Å². The molecule has 0 bridgehead atoms. The van der Waals surface area contributed by atoms with E-state index < -0.39 is 0 Å². The molecule has 6 nitrogen and oxygen atoms in total. The topological polar surface area (TPSA) is 74.3 Å². The van der Waals surface area contributed by atoms with Crippen molar-refractivity contribution in [3.8, 4) is 0 Å². The van der Waals surface area contributed by atoms with Gasteiger partial charge in [0.2, 0.25) is 11.8 Å². The van der Waals surface area contributed by atoms with Crippen LogP contribution in [0.25, 0.3) is 0 Å². The highest BCUT2D eigenvalue weighted by Crippen LogP contribution is 2.33. The third-order valence-electron chi connectivity index (χ3n) is 4.70. The average Bonchev–Trinajstić information content (AvgIpc) is 3.35. The van der Waals surface area contributed by atoms with Crippen molar-refractivity contribution in [3.05, 3.63) is 34.8 Å². The number of nitrogens with one attached hydrogen (secondary N) is 2. The Bertz CT molecular complexity index is 844. The van der Waals surface area contributed by atoms with Crippen molar-refractivity contribution in [2.75, 3.05) is 15.5 Å². The molecule has 0 atom stereocenters. The van der Waals surface area contributed by atoms with Gasteiger partial charge in [0, 0.05) is 36.1 Å². The van der Waals surface area contributed by atoms with E-state index in [-0.39, 0.29) is 11.8 Å². The minimum Gasteiger partial charge on any atom is -0.379 e. The van der Waals surface area contributed by atoms with Gasteiger partial charge in [-0.15, -0.1) is 11.3 Å². The molecule has 4 rings (SSSR count). The van der Waals surface area contributed by atoms with Crippen molar-refractivity contribution in [1.82, 2.24) is 4.98 Å². The van der Waals surface area contributed by atoms with Crippen LogP contribution in [0.2, 0.25) is 0 Å². The number of anilines is 3. The van der Waals surface area contributed by atoms with Gasteiger partial charge in [0.25, 0.3) is 0 Å². The Hall–Kier alpha value is -2.41. The monoisotopic (exact) mass is 370 g/mol. The van der Waals surface area contributed by atoms with E-state index in [0.717, 1.165) is 53.4 Å². The molecule has 26 heavy (non-hydrogen) atoms. The lowest BCUT2D eigenvalue weighted by Crippen LogP contribution is -2.30. The van der Waals surface area contributed by atoms with Gasteiger partial charge in [0.05, 0.1) is 12.2 Å². The summed E-state index contributed by atoms with van der Waals surface area (Å²) in [5.74, 6) is 0.152. The fourth-order valence-electron chi connectivity index (χ4n) is 3.25. The SMILES string of the molecule is CC(=O)N(c1nc(CNc2ccc3c(c2)CCCC(=O)N3)cs1)C1CC1. The Kier molecular flexibility index (Phi) is 4.63. The molecule has 1 aromatic carbocycles. The maximum Gasteiger partial charge on any atom is 0.225 e. The van der Waals surface area contributed by atoms with Gasteiger partial charge in [0.15, 0.2) is 5.13 Å². The molecule has 0 spiro atoms. The zero-order chi connectivity index (χ0) is 18.1. The number of aryl methyl sites for hydroxylation is 1. The molecule has 1 aliphatic heterocycles. The molecule has 1 saturated carbocycles. The van der Waals surface area contributed by atoms with Crippen LogP contribution < -0.4 is 15.5 Å². The highest BCUT2D eigenvalue weighted by molar-refractivity contribution is 7.14. The van der Waals surface area contributed by atoms with Gasteiger partial charge in [-0.05, 0) is 49.4 Å². The second-order valence-corrected chi connectivity index (χ2v) is 7.71. The van der Waals surface area contributed by atoms with Crippen molar-refractivity contribution in [3.63, 3.8) is 0 Å². The second-order valence-electron chi connectivity index (χ2n) is 6.87. The van der Waals surface area contributed by atoms with Crippen molar-refractivity contribution < 1.29 is 9.59 Å². The summed E-state index contributed by atoms with van der Waals surface area (Å²) in [4.78, 5) is 29.9. The summed E-state index contributed by atoms with van der Waals surface area (Å²) >= 11 is 1.52. The molecule has 1 aromatic heterocycles. The number of hydrogen-bond donors (Lipinski definition) is 2. The van der Waals surface area contributed by atoms with Gasteiger partial charge in [-0.1, -0.05) is 0 Å². The Labute approximate surface area is 156 Å². The van der Waals surface area contributed by atoms with Gasteiger partial charge < -0.3 is 10.6 Å². The van der Waals surface area contributed by atoms with Crippen LogP contribution in [0.15, 0.2) is 23.6 Å². The van der Waals surface area contributed by atoms with E-state index in [2.05, 4.69) is 21.7 Å². The lowest BCUT2D eigenvalue weighted by molar-refractivity contribution is -0.117. The smallest absolute Gasteiger partial charge is 0.225 e. The van der Waals surface area contributed by atoms with Crippen LogP contribution in [0.3, 0.4) is 0 Å². The van der Waals surface area contributed by atoms with E-state index in [1.54, 1.807) is 6.92 Å². The molecule has 0 saturated heterocycles. The summed E-state index contributed by atoms with van der Waals surface area (Å²) in [6.07, 6.45) is 4.49. The Balaban J connectivity index is 1.42. The standard InChI is InChI=1S/C19H22N4O2S/c1-12(24)23(16-6-7-16)19-21-15(11-26-19)10-20-14-5-8-17-13(9-14)3-2-4-18(25)22-17/h5,8-9,11,16,20H,2-4,6-7,10H2,1H3,(H,22,25). The van der Waals surface area contributed by atoms with E-state index in [9.17, 15) is 9.59 Å². The highest BCUT2D eigenvalue weighted by atomic mass is 32.1. The molecule has 2 heterocycles. The van der Waals surface area contributed by atoms with Crippen LogP contribution in [0.4, 0.5) is 16.5 Å². The van der Waals surface area contributed by atoms with Crippen molar-refractivity contribution in [2.45, 2.75) is 51.6 Å². The Morgan fingerprint density at radius 1 is 1.38 bits per heavy atom. The van der Waals surface area contributed by atoms with Crippen LogP contribution in [0, 0.1) is 0 Å². The predicted octanol–water partition coefficient (Wildman–Crippen LogP) is 3.55. The molecule has 2 N–H and O–H groups in total. The molecule has 2 amide bonds. The first-order valence-electron chi connectivity index (χ1n) is 9.01. The van der Waals surface area contributed by atoms with Crippen LogP contribution in [-0.4, -0.2) is 22.8 Å². The third-order valence-corrected chi connectivity index (χ3v) is 5.59. The fraction of sp³-hybridized carbons (Fsp3) is 0.421. The first-order valence-corrected chi connectivity index (χ1v) is 9.89. The highest BCUT2D eigenvalue weighted by Gasteiger charge is 2.33. The molecule has 136 valence electrons. The summed E-state index contributed by atoms with van der Waals surface area (Å²) in [6, 6.07) is 6.36. The third kappa shape index (κ3) is 3.72. The number of amides is 2. The van der Waals surface area contributed by atoms with Crippen LogP contribution in [0.5, 0.6) is 0 Å². The molecule has 0 unspecified atom stereocenters. The predicted molar refractivity (Wildman–Crippen MR) is 104 cm³/mol. The molecular weight excluding hydrogens is 348 g/mol. The number of carbonyl (C=O) groups excluding carboxylic acids is 2. The molecule has 1 fully saturated rings. The number of benzene rings is 1. The van der Waals surface area contributed by atoms with Crippen LogP contribution >= 0.6 is 11.3 Å². The number of hydrogen-bond acceptors (Lipinski definition) is 5. The quantitative estimate of drug-likeness (QED) is 0.844. The van der Waals surface area contributed by atoms with Gasteiger partial charge in [-0.2, -0.15) is 0 Å². The van der Waals surface area contributed by atoms with E-state index in [0.29, 0.717) is 19.0 Å². The molecule has 0 radical (unpaired) electrons. The minimum absolute atomic E-state index is 0.0640. The lowest BCUT2D eigenvalue weighted by Gasteiger charge is -2.16. The van der Waals surface area contributed by atoms with E-state index in [1.807, 2.05) is 22.4 Å². The lowest BCUT2D eigenvalue weighted by atomic mass is 10.1. The van der Waals surface area contributed by atoms with Gasteiger partial charge in [0.1, 0.15) is 0 Å². The minimum atomic E-state index is 0.0640. The maximum absolute atomic E-state index is 11.8. The summed E-state index contributed by atoms with van der Waals surface area (Å²) in [6.45, 7) is 2.21. The number of rotatable bonds is 5. The maximum atomic E-state index is 11.8. The zero-order valence-corrected chi connectivity index (χ0v) is 15.6. The number of fused-ring (bicyclic) bond motifs is 1. The van der Waals surface area contributed by atoms with Crippen LogP contribution in [0.1, 0.15) is 43.9 Å². The van der Waals surface area contributed by atoms with Gasteiger partial charge in [-0.3, -0.25) is 14.5 Å². The van der Waals surface area contributed by atoms with Gasteiger partial charge in [-0.25, -0.2) is 4.98 Å². The van der Waals surface area contributed by atoms with Crippen molar-refractivity contribution >= 4 is 39.7 Å². The molecule has 7 heteroatoms. The zero-order valence-electron chi connectivity index (χ0n) is 14.7. The largest absolute Gasteiger partial charge is 0.379 e. The van der Waals surface area contributed by atoms with Crippen LogP contribution in [-0.2, 0) is 22.6 Å². The first-order chi connectivity index (χ1) is 12.6. The number of thiazole rings is 1. The number of aromatic nitrogens is 1. The molecule has 1 aliphatic carbocycles. The average molecular weight is 370 g/mol.